The van der Waals surface area contributed by atoms with E-state index in [0.29, 0.717) is 24.5 Å². The molecule has 1 amide bonds. The van der Waals surface area contributed by atoms with Crippen molar-refractivity contribution in [1.82, 2.24) is 15.1 Å². The predicted octanol–water partition coefficient (Wildman–Crippen LogP) is 8.95. The number of nitrogens with zero attached hydrogens (tertiary/aromatic N) is 2. The van der Waals surface area contributed by atoms with Crippen LogP contribution in [0.2, 0.25) is 0 Å². The number of hydrogen-bond donors (Lipinski definition) is 1. The molecule has 0 saturated heterocycles. The number of rotatable bonds is 13. The molecule has 3 aromatic carbocycles. The third-order valence-electron chi connectivity index (χ3n) is 8.70. The molecule has 0 bridgehead atoms. The third-order valence-corrected chi connectivity index (χ3v) is 8.70. The molecule has 0 aliphatic heterocycles. The quantitative estimate of drug-likeness (QED) is 0.160. The standard InChI is InChI=1S/C37H46FN3O2/c1-8-36(4,5)28-17-20-34(31(24-28)37(6,7)9-2)43-22-11-10-21-39-35(42)33-25-32(27-15-18-29(38)19-16-27)40-41(33)30-14-12-13-26(3)23-30/h12-20,23-25H,8-11,21-22H2,1-7H3,(H,39,42). The average molecular weight is 584 g/mol. The number of hydrogen-bond acceptors (Lipinski definition) is 3. The van der Waals surface area contributed by atoms with Crippen molar-refractivity contribution in [3.63, 3.8) is 0 Å². The van der Waals surface area contributed by atoms with Crippen molar-refractivity contribution in [2.45, 2.75) is 85.0 Å². The van der Waals surface area contributed by atoms with Gasteiger partial charge in [0, 0.05) is 17.7 Å². The highest BCUT2D eigenvalue weighted by atomic mass is 19.1. The molecule has 0 unspecified atom stereocenters. The Morgan fingerprint density at radius 2 is 1.63 bits per heavy atom. The lowest BCUT2D eigenvalue weighted by Crippen LogP contribution is -2.27. The number of ether oxygens (including phenoxy) is 1. The number of benzene rings is 3. The van der Waals surface area contributed by atoms with Gasteiger partial charge in [-0.3, -0.25) is 4.79 Å². The summed E-state index contributed by atoms with van der Waals surface area (Å²) in [5.41, 5.74) is 6.37. The fraction of sp³-hybridized carbons (Fsp3) is 0.405. The topological polar surface area (TPSA) is 56.1 Å². The van der Waals surface area contributed by atoms with E-state index in [1.165, 1.54) is 23.3 Å². The normalized spacial score (nSPS) is 11.9. The number of amides is 1. The van der Waals surface area contributed by atoms with Crippen LogP contribution in [0.4, 0.5) is 4.39 Å². The van der Waals surface area contributed by atoms with E-state index in [1.54, 1.807) is 22.9 Å². The lowest BCUT2D eigenvalue weighted by molar-refractivity contribution is 0.0944. The maximum absolute atomic E-state index is 13.5. The second-order valence-corrected chi connectivity index (χ2v) is 12.7. The number of carbonyl (C=O) groups is 1. The van der Waals surface area contributed by atoms with Crippen LogP contribution in [-0.4, -0.2) is 28.8 Å². The number of halogens is 1. The first-order valence-electron chi connectivity index (χ1n) is 15.4. The third kappa shape index (κ3) is 7.73. The minimum atomic E-state index is -0.313. The zero-order valence-electron chi connectivity index (χ0n) is 26.8. The van der Waals surface area contributed by atoms with Crippen LogP contribution < -0.4 is 10.1 Å². The fourth-order valence-corrected chi connectivity index (χ4v) is 4.96. The molecule has 5 nitrogen and oxygen atoms in total. The Morgan fingerprint density at radius 3 is 2.30 bits per heavy atom. The Labute approximate surface area is 256 Å². The van der Waals surface area contributed by atoms with E-state index in [4.69, 9.17) is 9.84 Å². The summed E-state index contributed by atoms with van der Waals surface area (Å²) in [6.45, 7) is 16.7. The molecule has 4 aromatic rings. The Morgan fingerprint density at radius 1 is 0.907 bits per heavy atom. The van der Waals surface area contributed by atoms with Gasteiger partial charge < -0.3 is 10.1 Å². The van der Waals surface area contributed by atoms with Gasteiger partial charge in [0.05, 0.1) is 18.0 Å². The number of unbranched alkanes of at least 4 members (excludes halogenated alkanes) is 1. The molecule has 0 radical (unpaired) electrons. The van der Waals surface area contributed by atoms with E-state index in [-0.39, 0.29) is 22.6 Å². The first kappa shape index (κ1) is 32.0. The van der Waals surface area contributed by atoms with E-state index in [2.05, 4.69) is 65.1 Å². The van der Waals surface area contributed by atoms with Gasteiger partial charge in [-0.05, 0) is 103 Å². The minimum Gasteiger partial charge on any atom is -0.493 e. The van der Waals surface area contributed by atoms with E-state index < -0.39 is 0 Å². The molecule has 0 aliphatic rings. The molecule has 1 aromatic heterocycles. The van der Waals surface area contributed by atoms with Crippen LogP contribution in [0.3, 0.4) is 0 Å². The summed E-state index contributed by atoms with van der Waals surface area (Å²) in [5, 5.41) is 7.77. The van der Waals surface area contributed by atoms with Crippen LogP contribution in [0.5, 0.6) is 5.75 Å². The molecule has 0 fully saturated rings. The molecular weight excluding hydrogens is 537 g/mol. The maximum Gasteiger partial charge on any atom is 0.270 e. The zero-order chi connectivity index (χ0) is 31.2. The number of nitrogens with one attached hydrogen (secondary N) is 1. The average Bonchev–Trinajstić information content (AvgIpc) is 3.45. The molecule has 0 aliphatic carbocycles. The molecular formula is C37H46FN3O2. The van der Waals surface area contributed by atoms with Crippen LogP contribution in [-0.2, 0) is 10.8 Å². The lowest BCUT2D eigenvalue weighted by Gasteiger charge is -2.30. The van der Waals surface area contributed by atoms with Crippen LogP contribution in [0.15, 0.2) is 72.8 Å². The van der Waals surface area contributed by atoms with Gasteiger partial charge in [-0.2, -0.15) is 5.10 Å². The Balaban J connectivity index is 1.40. The molecule has 0 saturated carbocycles. The van der Waals surface area contributed by atoms with Gasteiger partial charge in [-0.1, -0.05) is 65.8 Å². The van der Waals surface area contributed by atoms with Crippen LogP contribution in [0, 0.1) is 12.7 Å². The van der Waals surface area contributed by atoms with E-state index >= 15 is 0 Å². The monoisotopic (exact) mass is 583 g/mol. The first-order valence-corrected chi connectivity index (χ1v) is 15.4. The highest BCUT2D eigenvalue weighted by Gasteiger charge is 2.26. The van der Waals surface area contributed by atoms with E-state index in [0.717, 1.165) is 48.2 Å². The highest BCUT2D eigenvalue weighted by molar-refractivity contribution is 5.94. The molecule has 6 heteroatoms. The molecule has 228 valence electrons. The molecule has 43 heavy (non-hydrogen) atoms. The van der Waals surface area contributed by atoms with Gasteiger partial charge >= 0.3 is 0 Å². The summed E-state index contributed by atoms with van der Waals surface area (Å²) in [6, 6.07) is 22.4. The van der Waals surface area contributed by atoms with Crippen molar-refractivity contribution < 1.29 is 13.9 Å². The molecule has 1 heterocycles. The van der Waals surface area contributed by atoms with Gasteiger partial charge in [0.15, 0.2) is 0 Å². The summed E-state index contributed by atoms with van der Waals surface area (Å²) in [6.07, 6.45) is 3.69. The molecule has 0 spiro atoms. The lowest BCUT2D eigenvalue weighted by atomic mass is 9.76. The van der Waals surface area contributed by atoms with Crippen LogP contribution in [0.25, 0.3) is 16.9 Å². The summed E-state index contributed by atoms with van der Waals surface area (Å²) >= 11 is 0. The van der Waals surface area contributed by atoms with Gasteiger partial charge in [0.25, 0.3) is 5.91 Å². The molecule has 1 N–H and O–H groups in total. The summed E-state index contributed by atoms with van der Waals surface area (Å²) in [4.78, 5) is 13.3. The van der Waals surface area contributed by atoms with Crippen molar-refractivity contribution in [2.24, 2.45) is 0 Å². The Hall–Kier alpha value is -3.93. The van der Waals surface area contributed by atoms with Crippen molar-refractivity contribution in [2.75, 3.05) is 13.2 Å². The smallest absolute Gasteiger partial charge is 0.270 e. The Kier molecular flexibility index (Phi) is 10.1. The van der Waals surface area contributed by atoms with Crippen molar-refractivity contribution in [1.29, 1.82) is 0 Å². The van der Waals surface area contributed by atoms with Crippen molar-refractivity contribution >= 4 is 5.91 Å². The second kappa shape index (κ2) is 13.6. The van der Waals surface area contributed by atoms with E-state index in [9.17, 15) is 9.18 Å². The number of carbonyl (C=O) groups excluding carboxylic acids is 1. The minimum absolute atomic E-state index is 0.0101. The van der Waals surface area contributed by atoms with Crippen LogP contribution >= 0.6 is 0 Å². The summed E-state index contributed by atoms with van der Waals surface area (Å²) in [7, 11) is 0. The SMILES string of the molecule is CCC(C)(C)c1ccc(OCCCCNC(=O)c2cc(-c3ccc(F)cc3)nn2-c2cccc(C)c2)c(C(C)(C)CC)c1. The fourth-order valence-electron chi connectivity index (χ4n) is 4.96. The van der Waals surface area contributed by atoms with Gasteiger partial charge in [0.2, 0.25) is 0 Å². The molecule has 4 rings (SSSR count). The van der Waals surface area contributed by atoms with Crippen LogP contribution in [0.1, 0.15) is 94.4 Å². The second-order valence-electron chi connectivity index (χ2n) is 12.7. The number of aromatic nitrogens is 2. The Bertz CT molecular complexity index is 1540. The van der Waals surface area contributed by atoms with Gasteiger partial charge in [-0.15, -0.1) is 0 Å². The first-order chi connectivity index (χ1) is 20.4. The van der Waals surface area contributed by atoms with Gasteiger partial charge in [-0.25, -0.2) is 9.07 Å². The largest absolute Gasteiger partial charge is 0.493 e. The molecule has 0 atom stereocenters. The highest BCUT2D eigenvalue weighted by Crippen LogP contribution is 2.38. The number of aryl methyl sites for hydroxylation is 1. The predicted molar refractivity (Wildman–Crippen MR) is 174 cm³/mol. The van der Waals surface area contributed by atoms with Crippen molar-refractivity contribution in [3.05, 3.63) is 101 Å². The maximum atomic E-state index is 13.5. The summed E-state index contributed by atoms with van der Waals surface area (Å²) in [5.74, 6) is 0.429. The summed E-state index contributed by atoms with van der Waals surface area (Å²) < 4.78 is 21.5. The van der Waals surface area contributed by atoms with Gasteiger partial charge in [0.1, 0.15) is 17.3 Å². The van der Waals surface area contributed by atoms with Crippen molar-refractivity contribution in [3.8, 4) is 22.7 Å². The zero-order valence-corrected chi connectivity index (χ0v) is 26.8. The van der Waals surface area contributed by atoms with E-state index in [1.807, 2.05) is 31.2 Å².